The van der Waals surface area contributed by atoms with Gasteiger partial charge >= 0.3 is 0 Å². The van der Waals surface area contributed by atoms with Gasteiger partial charge in [0.1, 0.15) is 12.1 Å². The molecule has 0 unspecified atom stereocenters. The van der Waals surface area contributed by atoms with Crippen LogP contribution in [0.3, 0.4) is 0 Å². The molecule has 3 heterocycles. The monoisotopic (exact) mass is 220 g/mol. The number of hydroxylamine groups is 2. The van der Waals surface area contributed by atoms with Crippen molar-refractivity contribution in [3.05, 3.63) is 12.5 Å². The average Bonchev–Trinajstić information content (AvgIpc) is 2.78. The molecule has 2 aromatic heterocycles. The molecule has 0 aromatic carbocycles. The summed E-state index contributed by atoms with van der Waals surface area (Å²) in [5, 5.41) is 18.3. The number of nitrogens with one attached hydrogen (secondary N) is 1. The summed E-state index contributed by atoms with van der Waals surface area (Å²) in [5.41, 5.74) is 0.747. The van der Waals surface area contributed by atoms with E-state index < -0.39 is 0 Å². The van der Waals surface area contributed by atoms with Gasteiger partial charge in [-0.1, -0.05) is 0 Å². The highest BCUT2D eigenvalue weighted by molar-refractivity contribution is 5.86. The Morgan fingerprint density at radius 2 is 2.00 bits per heavy atom. The zero-order chi connectivity index (χ0) is 11.0. The highest BCUT2D eigenvalue weighted by Gasteiger charge is 2.18. The highest BCUT2D eigenvalue weighted by atomic mass is 16.5. The molecule has 0 radical (unpaired) electrons. The van der Waals surface area contributed by atoms with Crippen molar-refractivity contribution in [3.8, 4) is 0 Å². The van der Waals surface area contributed by atoms with Crippen molar-refractivity contribution in [2.24, 2.45) is 0 Å². The topological polar surface area (TPSA) is 81.2 Å². The van der Waals surface area contributed by atoms with Crippen LogP contribution in [0.4, 0.5) is 5.82 Å². The maximum Gasteiger partial charge on any atom is 0.160 e. The third-order valence-corrected chi connectivity index (χ3v) is 2.78. The molecular weight excluding hydrogens is 208 g/mol. The summed E-state index contributed by atoms with van der Waals surface area (Å²) >= 11 is 0. The van der Waals surface area contributed by atoms with Crippen molar-refractivity contribution in [1.82, 2.24) is 25.2 Å². The van der Waals surface area contributed by atoms with Crippen LogP contribution >= 0.6 is 0 Å². The lowest BCUT2D eigenvalue weighted by Crippen LogP contribution is -2.45. The van der Waals surface area contributed by atoms with Crippen molar-refractivity contribution >= 4 is 16.9 Å². The largest absolute Gasteiger partial charge is 0.353 e. The van der Waals surface area contributed by atoms with Gasteiger partial charge < -0.3 is 10.1 Å². The highest BCUT2D eigenvalue weighted by Crippen LogP contribution is 2.21. The summed E-state index contributed by atoms with van der Waals surface area (Å²) in [7, 11) is 0. The van der Waals surface area contributed by atoms with Gasteiger partial charge in [-0.25, -0.2) is 9.97 Å². The quantitative estimate of drug-likeness (QED) is 0.696. The van der Waals surface area contributed by atoms with E-state index in [1.807, 2.05) is 0 Å². The fourth-order valence-corrected chi connectivity index (χ4v) is 1.91. The minimum atomic E-state index is 0.628. The molecule has 0 aliphatic carbocycles. The Morgan fingerprint density at radius 3 is 2.81 bits per heavy atom. The molecule has 0 amide bonds. The number of H-pyrrole nitrogens is 1. The van der Waals surface area contributed by atoms with Crippen LogP contribution in [0, 0.1) is 0 Å². The van der Waals surface area contributed by atoms with Crippen LogP contribution in [-0.2, 0) is 0 Å². The van der Waals surface area contributed by atoms with Crippen molar-refractivity contribution < 1.29 is 5.21 Å². The second kappa shape index (κ2) is 3.69. The summed E-state index contributed by atoms with van der Waals surface area (Å²) in [6.45, 7) is 2.77. The molecule has 2 aromatic rings. The lowest BCUT2D eigenvalue weighted by Gasteiger charge is -2.31. The average molecular weight is 220 g/mol. The van der Waals surface area contributed by atoms with E-state index in [1.165, 1.54) is 11.4 Å². The predicted octanol–water partition coefficient (Wildman–Crippen LogP) is -0.136. The van der Waals surface area contributed by atoms with Gasteiger partial charge in [0.25, 0.3) is 0 Å². The molecule has 84 valence electrons. The Labute approximate surface area is 91.7 Å². The first kappa shape index (κ1) is 9.49. The molecule has 7 heteroatoms. The molecule has 1 aliphatic heterocycles. The molecule has 0 spiro atoms. The number of aromatic nitrogens is 4. The normalized spacial score (nSPS) is 18.2. The molecule has 7 nitrogen and oxygen atoms in total. The van der Waals surface area contributed by atoms with Gasteiger partial charge in [0.15, 0.2) is 5.65 Å². The zero-order valence-electron chi connectivity index (χ0n) is 8.67. The van der Waals surface area contributed by atoms with E-state index in [-0.39, 0.29) is 0 Å². The number of anilines is 1. The lowest BCUT2D eigenvalue weighted by atomic mass is 10.3. The third-order valence-electron chi connectivity index (χ3n) is 2.78. The fourth-order valence-electron chi connectivity index (χ4n) is 1.91. The summed E-state index contributed by atoms with van der Waals surface area (Å²) in [6.07, 6.45) is 3.26. The van der Waals surface area contributed by atoms with Crippen LogP contribution in [0.25, 0.3) is 11.0 Å². The third kappa shape index (κ3) is 1.50. The second-order valence-corrected chi connectivity index (χ2v) is 3.77. The van der Waals surface area contributed by atoms with Crippen LogP contribution in [0.5, 0.6) is 0 Å². The van der Waals surface area contributed by atoms with Crippen LogP contribution in [0.2, 0.25) is 0 Å². The number of nitrogens with zero attached hydrogens (tertiary/aromatic N) is 5. The van der Waals surface area contributed by atoms with Gasteiger partial charge in [-0.15, -0.1) is 0 Å². The Balaban J connectivity index is 1.96. The van der Waals surface area contributed by atoms with Crippen molar-refractivity contribution in [2.75, 3.05) is 31.1 Å². The maximum absolute atomic E-state index is 9.30. The number of hydrogen-bond donors (Lipinski definition) is 2. The molecule has 16 heavy (non-hydrogen) atoms. The Morgan fingerprint density at radius 1 is 1.19 bits per heavy atom. The second-order valence-electron chi connectivity index (χ2n) is 3.77. The molecule has 3 rings (SSSR count). The van der Waals surface area contributed by atoms with Gasteiger partial charge in [-0.3, -0.25) is 5.10 Å². The first-order valence-corrected chi connectivity index (χ1v) is 5.17. The van der Waals surface area contributed by atoms with E-state index in [1.54, 1.807) is 6.20 Å². The van der Waals surface area contributed by atoms with E-state index in [9.17, 15) is 5.21 Å². The molecular formula is C9H12N6O. The van der Waals surface area contributed by atoms with Gasteiger partial charge in [0, 0.05) is 26.2 Å². The zero-order valence-corrected chi connectivity index (χ0v) is 8.67. The fraction of sp³-hybridized carbons (Fsp3) is 0.444. The van der Waals surface area contributed by atoms with Crippen molar-refractivity contribution in [2.45, 2.75) is 0 Å². The number of rotatable bonds is 1. The summed E-state index contributed by atoms with van der Waals surface area (Å²) in [4.78, 5) is 10.5. The summed E-state index contributed by atoms with van der Waals surface area (Å²) in [5.74, 6) is 0.881. The van der Waals surface area contributed by atoms with E-state index in [2.05, 4.69) is 25.1 Å². The van der Waals surface area contributed by atoms with E-state index in [4.69, 9.17) is 0 Å². The standard InChI is InChI=1S/C9H12N6O/c16-15-3-1-14(2-4-15)9-7-5-12-13-8(7)10-6-11-9/h5-6,16H,1-4H2,(H,10,11,12,13). The number of aromatic amines is 1. The minimum Gasteiger partial charge on any atom is -0.353 e. The van der Waals surface area contributed by atoms with E-state index >= 15 is 0 Å². The van der Waals surface area contributed by atoms with Crippen LogP contribution in [0.1, 0.15) is 0 Å². The predicted molar refractivity (Wildman–Crippen MR) is 57.3 cm³/mol. The SMILES string of the molecule is ON1CCN(c2ncnc3[nH]ncc23)CC1. The van der Waals surface area contributed by atoms with Gasteiger partial charge in [-0.05, 0) is 0 Å². The Hall–Kier alpha value is -1.73. The molecule has 2 N–H and O–H groups in total. The first-order chi connectivity index (χ1) is 7.84. The summed E-state index contributed by atoms with van der Waals surface area (Å²) in [6, 6.07) is 0. The number of piperazine rings is 1. The van der Waals surface area contributed by atoms with Crippen LogP contribution in [0.15, 0.2) is 12.5 Å². The summed E-state index contributed by atoms with van der Waals surface area (Å²) < 4.78 is 0. The van der Waals surface area contributed by atoms with Crippen LogP contribution < -0.4 is 4.90 Å². The minimum absolute atomic E-state index is 0.628. The molecule has 1 saturated heterocycles. The van der Waals surface area contributed by atoms with Gasteiger partial charge in [-0.2, -0.15) is 10.2 Å². The molecule has 0 bridgehead atoms. The molecule has 0 saturated carbocycles. The lowest BCUT2D eigenvalue weighted by molar-refractivity contribution is -0.0936. The van der Waals surface area contributed by atoms with Gasteiger partial charge in [0.2, 0.25) is 0 Å². The number of fused-ring (bicyclic) bond motifs is 1. The maximum atomic E-state index is 9.30. The first-order valence-electron chi connectivity index (χ1n) is 5.17. The van der Waals surface area contributed by atoms with Crippen molar-refractivity contribution in [3.63, 3.8) is 0 Å². The smallest absolute Gasteiger partial charge is 0.160 e. The van der Waals surface area contributed by atoms with E-state index in [0.717, 1.165) is 29.9 Å². The Kier molecular flexibility index (Phi) is 2.19. The van der Waals surface area contributed by atoms with Crippen LogP contribution in [-0.4, -0.2) is 56.6 Å². The van der Waals surface area contributed by atoms with E-state index in [0.29, 0.717) is 13.1 Å². The molecule has 1 aliphatic rings. The molecule has 0 atom stereocenters. The Bertz CT molecular complexity index is 489. The number of hydrogen-bond acceptors (Lipinski definition) is 6. The van der Waals surface area contributed by atoms with Crippen molar-refractivity contribution in [1.29, 1.82) is 0 Å². The van der Waals surface area contributed by atoms with Gasteiger partial charge in [0.05, 0.1) is 11.6 Å². The molecule has 1 fully saturated rings.